The van der Waals surface area contributed by atoms with Crippen molar-refractivity contribution in [2.75, 3.05) is 25.2 Å². The standard InChI is InChI=1S/C20H21N3O4/c24-19(14-6-7-17-18(12-14)27-13-26-17)23-10-8-16(9-11-23)22-20(25)21-15-4-2-1-3-5-15/h1-7,12,16H,8-11,13H2,(H2,21,22,25). The van der Waals surface area contributed by atoms with Crippen molar-refractivity contribution in [3.63, 3.8) is 0 Å². The lowest BCUT2D eigenvalue weighted by atomic mass is 10.0. The number of urea groups is 1. The molecule has 0 unspecified atom stereocenters. The summed E-state index contributed by atoms with van der Waals surface area (Å²) in [7, 11) is 0. The van der Waals surface area contributed by atoms with E-state index in [0.29, 0.717) is 30.2 Å². The number of nitrogens with one attached hydrogen (secondary N) is 2. The second-order valence-corrected chi connectivity index (χ2v) is 6.60. The summed E-state index contributed by atoms with van der Waals surface area (Å²) in [6, 6.07) is 14.4. The van der Waals surface area contributed by atoms with E-state index in [4.69, 9.17) is 9.47 Å². The largest absolute Gasteiger partial charge is 0.454 e. The lowest BCUT2D eigenvalue weighted by Gasteiger charge is -2.32. The van der Waals surface area contributed by atoms with Crippen LogP contribution in [0.25, 0.3) is 0 Å². The third-order valence-corrected chi connectivity index (χ3v) is 4.77. The smallest absolute Gasteiger partial charge is 0.319 e. The molecule has 4 rings (SSSR count). The van der Waals surface area contributed by atoms with Crippen molar-refractivity contribution in [2.45, 2.75) is 18.9 Å². The normalized spacial score (nSPS) is 16.1. The number of piperidine rings is 1. The zero-order valence-electron chi connectivity index (χ0n) is 14.8. The first-order valence-electron chi connectivity index (χ1n) is 9.00. The Morgan fingerprint density at radius 2 is 1.70 bits per heavy atom. The third-order valence-electron chi connectivity index (χ3n) is 4.77. The van der Waals surface area contributed by atoms with E-state index in [1.165, 1.54) is 0 Å². The third kappa shape index (κ3) is 3.97. The van der Waals surface area contributed by atoms with Gasteiger partial charge in [-0.1, -0.05) is 18.2 Å². The van der Waals surface area contributed by atoms with Gasteiger partial charge in [-0.2, -0.15) is 0 Å². The van der Waals surface area contributed by atoms with Crippen LogP contribution in [0.1, 0.15) is 23.2 Å². The Kier molecular flexibility index (Phi) is 4.82. The molecule has 2 N–H and O–H groups in total. The van der Waals surface area contributed by atoms with Gasteiger partial charge in [0, 0.05) is 30.4 Å². The molecule has 7 nitrogen and oxygen atoms in total. The monoisotopic (exact) mass is 367 g/mol. The van der Waals surface area contributed by atoms with Crippen LogP contribution in [0.4, 0.5) is 10.5 Å². The Morgan fingerprint density at radius 1 is 0.963 bits per heavy atom. The predicted molar refractivity (Wildman–Crippen MR) is 100 cm³/mol. The van der Waals surface area contributed by atoms with Crippen molar-refractivity contribution in [1.82, 2.24) is 10.2 Å². The van der Waals surface area contributed by atoms with Crippen LogP contribution in [0.2, 0.25) is 0 Å². The van der Waals surface area contributed by atoms with E-state index in [9.17, 15) is 9.59 Å². The molecule has 2 heterocycles. The quantitative estimate of drug-likeness (QED) is 0.874. The first kappa shape index (κ1) is 17.2. The number of ether oxygens (including phenoxy) is 2. The summed E-state index contributed by atoms with van der Waals surface area (Å²) in [5, 5.41) is 5.79. The van der Waals surface area contributed by atoms with E-state index in [2.05, 4.69) is 10.6 Å². The van der Waals surface area contributed by atoms with E-state index in [-0.39, 0.29) is 24.8 Å². The minimum absolute atomic E-state index is 0.0273. The summed E-state index contributed by atoms with van der Waals surface area (Å²) in [6.07, 6.45) is 1.44. The lowest BCUT2D eigenvalue weighted by molar-refractivity contribution is 0.0708. The summed E-state index contributed by atoms with van der Waals surface area (Å²) in [6.45, 7) is 1.39. The molecule has 0 aromatic heterocycles. The zero-order valence-corrected chi connectivity index (χ0v) is 14.8. The predicted octanol–water partition coefficient (Wildman–Crippen LogP) is 2.84. The first-order chi connectivity index (χ1) is 13.2. The van der Waals surface area contributed by atoms with Crippen molar-refractivity contribution < 1.29 is 19.1 Å². The SMILES string of the molecule is O=C(Nc1ccccc1)NC1CCN(C(=O)c2ccc3c(c2)OCO3)CC1. The van der Waals surface area contributed by atoms with E-state index >= 15 is 0 Å². The van der Waals surface area contributed by atoms with Crippen molar-refractivity contribution >= 4 is 17.6 Å². The molecule has 140 valence electrons. The fraction of sp³-hybridized carbons (Fsp3) is 0.300. The molecule has 1 fully saturated rings. The van der Waals surface area contributed by atoms with Gasteiger partial charge in [-0.15, -0.1) is 0 Å². The molecule has 3 amide bonds. The average molecular weight is 367 g/mol. The molecule has 0 atom stereocenters. The first-order valence-corrected chi connectivity index (χ1v) is 9.00. The number of carbonyl (C=O) groups excluding carboxylic acids is 2. The van der Waals surface area contributed by atoms with Crippen LogP contribution >= 0.6 is 0 Å². The maximum Gasteiger partial charge on any atom is 0.319 e. The summed E-state index contributed by atoms with van der Waals surface area (Å²) >= 11 is 0. The van der Waals surface area contributed by atoms with Crippen LogP contribution in [0.3, 0.4) is 0 Å². The van der Waals surface area contributed by atoms with Gasteiger partial charge in [0.05, 0.1) is 0 Å². The second-order valence-electron chi connectivity index (χ2n) is 6.60. The van der Waals surface area contributed by atoms with Gasteiger partial charge >= 0.3 is 6.03 Å². The molecule has 0 aliphatic carbocycles. The van der Waals surface area contributed by atoms with Crippen LogP contribution < -0.4 is 20.1 Å². The minimum Gasteiger partial charge on any atom is -0.454 e. The molecule has 2 aromatic carbocycles. The van der Waals surface area contributed by atoms with Crippen molar-refractivity contribution in [3.8, 4) is 11.5 Å². The number of likely N-dealkylation sites (tertiary alicyclic amines) is 1. The number of hydrogen-bond donors (Lipinski definition) is 2. The van der Waals surface area contributed by atoms with Crippen LogP contribution in [0.15, 0.2) is 48.5 Å². The highest BCUT2D eigenvalue weighted by atomic mass is 16.7. The summed E-state index contributed by atoms with van der Waals surface area (Å²) in [5.41, 5.74) is 1.35. The van der Waals surface area contributed by atoms with Gasteiger partial charge in [0.2, 0.25) is 6.79 Å². The van der Waals surface area contributed by atoms with Gasteiger partial charge in [0.15, 0.2) is 11.5 Å². The van der Waals surface area contributed by atoms with Crippen molar-refractivity contribution in [3.05, 3.63) is 54.1 Å². The van der Waals surface area contributed by atoms with Crippen molar-refractivity contribution in [2.24, 2.45) is 0 Å². The highest BCUT2D eigenvalue weighted by Gasteiger charge is 2.26. The fourth-order valence-corrected chi connectivity index (χ4v) is 3.31. The number of rotatable bonds is 3. The van der Waals surface area contributed by atoms with Gasteiger partial charge in [-0.3, -0.25) is 4.79 Å². The number of para-hydroxylation sites is 1. The van der Waals surface area contributed by atoms with Gasteiger partial charge < -0.3 is 25.0 Å². The van der Waals surface area contributed by atoms with Gasteiger partial charge in [0.25, 0.3) is 5.91 Å². The molecule has 0 radical (unpaired) electrons. The Hall–Kier alpha value is -3.22. The average Bonchev–Trinajstić information content (AvgIpc) is 3.16. The summed E-state index contributed by atoms with van der Waals surface area (Å²) in [5.74, 6) is 1.24. The number of carbonyl (C=O) groups is 2. The van der Waals surface area contributed by atoms with E-state index in [1.54, 1.807) is 18.2 Å². The fourth-order valence-electron chi connectivity index (χ4n) is 3.31. The molecular weight excluding hydrogens is 346 g/mol. The number of fused-ring (bicyclic) bond motifs is 1. The molecule has 7 heteroatoms. The van der Waals surface area contributed by atoms with Gasteiger partial charge in [-0.05, 0) is 43.2 Å². The van der Waals surface area contributed by atoms with Crippen LogP contribution in [-0.4, -0.2) is 42.8 Å². The van der Waals surface area contributed by atoms with E-state index in [1.807, 2.05) is 35.2 Å². The molecule has 27 heavy (non-hydrogen) atoms. The number of hydrogen-bond acceptors (Lipinski definition) is 4. The lowest BCUT2D eigenvalue weighted by Crippen LogP contribution is -2.47. The van der Waals surface area contributed by atoms with E-state index < -0.39 is 0 Å². The molecule has 0 bridgehead atoms. The minimum atomic E-state index is -0.221. The molecule has 0 spiro atoms. The number of benzene rings is 2. The maximum absolute atomic E-state index is 12.7. The maximum atomic E-state index is 12.7. The van der Waals surface area contributed by atoms with Crippen molar-refractivity contribution in [1.29, 1.82) is 0 Å². The number of amides is 3. The second kappa shape index (κ2) is 7.57. The van der Waals surface area contributed by atoms with Crippen LogP contribution in [0, 0.1) is 0 Å². The van der Waals surface area contributed by atoms with Gasteiger partial charge in [-0.25, -0.2) is 4.79 Å². The Balaban J connectivity index is 1.28. The highest BCUT2D eigenvalue weighted by Crippen LogP contribution is 2.33. The Morgan fingerprint density at radius 3 is 2.48 bits per heavy atom. The Bertz CT molecular complexity index is 832. The van der Waals surface area contributed by atoms with E-state index in [0.717, 1.165) is 18.5 Å². The molecule has 2 aliphatic heterocycles. The summed E-state index contributed by atoms with van der Waals surface area (Å²) < 4.78 is 10.6. The molecule has 0 saturated carbocycles. The number of nitrogens with zero attached hydrogens (tertiary/aromatic N) is 1. The molecule has 1 saturated heterocycles. The van der Waals surface area contributed by atoms with Crippen LogP contribution in [0.5, 0.6) is 11.5 Å². The molecule has 2 aliphatic rings. The van der Waals surface area contributed by atoms with Crippen LogP contribution in [-0.2, 0) is 0 Å². The molecule has 2 aromatic rings. The topological polar surface area (TPSA) is 79.9 Å². The highest BCUT2D eigenvalue weighted by molar-refractivity contribution is 5.95. The van der Waals surface area contributed by atoms with Gasteiger partial charge in [0.1, 0.15) is 0 Å². The summed E-state index contributed by atoms with van der Waals surface area (Å²) in [4.78, 5) is 26.6. The zero-order chi connectivity index (χ0) is 18.6. The number of anilines is 1. The Labute approximate surface area is 157 Å². The molecular formula is C20H21N3O4.